The smallest absolute Gasteiger partial charge is 0.124 e. The van der Waals surface area contributed by atoms with E-state index in [0.29, 0.717) is 10.8 Å². The summed E-state index contributed by atoms with van der Waals surface area (Å²) in [5.41, 5.74) is 2.76. The molecule has 0 aliphatic carbocycles. The van der Waals surface area contributed by atoms with Gasteiger partial charge in [0.15, 0.2) is 0 Å². The molecule has 3 heteroatoms. The van der Waals surface area contributed by atoms with Crippen LogP contribution in [0.25, 0.3) is 0 Å². The first-order valence-electron chi connectivity index (χ1n) is 7.30. The number of methoxy groups -OCH3 is 1. The molecule has 0 aliphatic rings. The van der Waals surface area contributed by atoms with Gasteiger partial charge in [-0.1, -0.05) is 72.3 Å². The zero-order chi connectivity index (χ0) is 16.3. The Balaban J connectivity index is 2.32. The van der Waals surface area contributed by atoms with Crippen LogP contribution >= 0.6 is 23.2 Å². The minimum atomic E-state index is -0.876. The number of alkyl halides is 1. The lowest BCUT2D eigenvalue weighted by atomic mass is 9.83. The standard InChI is InChI=1S/C20H16Cl2O/c1-23-19-13-12-17(21)14-18(19)20(22,15-8-4-2-5-9-15)16-10-6-3-7-11-16/h2-14H,1H3. The van der Waals surface area contributed by atoms with E-state index in [0.717, 1.165) is 16.7 Å². The molecular formula is C20H16Cl2O. The topological polar surface area (TPSA) is 9.23 Å². The van der Waals surface area contributed by atoms with Crippen molar-refractivity contribution in [3.05, 3.63) is 101 Å². The maximum Gasteiger partial charge on any atom is 0.124 e. The molecule has 0 saturated carbocycles. The number of benzene rings is 3. The Labute approximate surface area is 146 Å². The fourth-order valence-corrected chi connectivity index (χ4v) is 3.33. The van der Waals surface area contributed by atoms with Gasteiger partial charge < -0.3 is 4.74 Å². The molecule has 0 amide bonds. The van der Waals surface area contributed by atoms with Crippen LogP contribution in [0.1, 0.15) is 16.7 Å². The molecule has 1 nitrogen and oxygen atoms in total. The average Bonchev–Trinajstić information content (AvgIpc) is 2.62. The van der Waals surface area contributed by atoms with Crippen molar-refractivity contribution in [3.8, 4) is 5.75 Å². The fraction of sp³-hybridized carbons (Fsp3) is 0.100. The van der Waals surface area contributed by atoms with E-state index in [9.17, 15) is 0 Å². The zero-order valence-electron chi connectivity index (χ0n) is 12.7. The molecule has 3 aromatic rings. The summed E-state index contributed by atoms with van der Waals surface area (Å²) in [5, 5.41) is 0.623. The third-order valence-electron chi connectivity index (χ3n) is 3.88. The molecule has 23 heavy (non-hydrogen) atoms. The molecule has 0 aromatic heterocycles. The van der Waals surface area contributed by atoms with E-state index in [1.807, 2.05) is 72.8 Å². The Morgan fingerprint density at radius 2 is 1.30 bits per heavy atom. The van der Waals surface area contributed by atoms with Gasteiger partial charge in [-0.15, -0.1) is 11.6 Å². The molecule has 0 N–H and O–H groups in total. The molecule has 0 bridgehead atoms. The van der Waals surface area contributed by atoms with Gasteiger partial charge in [0.1, 0.15) is 10.6 Å². The van der Waals surface area contributed by atoms with Gasteiger partial charge in [-0.3, -0.25) is 0 Å². The molecule has 3 aromatic carbocycles. The normalized spacial score (nSPS) is 11.3. The van der Waals surface area contributed by atoms with E-state index in [2.05, 4.69) is 0 Å². The van der Waals surface area contributed by atoms with Gasteiger partial charge in [-0.2, -0.15) is 0 Å². The van der Waals surface area contributed by atoms with Crippen LogP contribution in [0.5, 0.6) is 5.75 Å². The van der Waals surface area contributed by atoms with E-state index >= 15 is 0 Å². The van der Waals surface area contributed by atoms with E-state index in [1.165, 1.54) is 0 Å². The summed E-state index contributed by atoms with van der Waals surface area (Å²) < 4.78 is 5.55. The average molecular weight is 343 g/mol. The van der Waals surface area contributed by atoms with E-state index in [-0.39, 0.29) is 0 Å². The first-order valence-corrected chi connectivity index (χ1v) is 8.06. The van der Waals surface area contributed by atoms with Crippen LogP contribution in [0.2, 0.25) is 5.02 Å². The van der Waals surface area contributed by atoms with Crippen LogP contribution in [-0.4, -0.2) is 7.11 Å². The maximum atomic E-state index is 7.23. The van der Waals surface area contributed by atoms with Crippen molar-refractivity contribution < 1.29 is 4.74 Å². The highest BCUT2D eigenvalue weighted by atomic mass is 35.5. The lowest BCUT2D eigenvalue weighted by Gasteiger charge is -2.30. The second-order valence-corrected chi connectivity index (χ2v) is 6.24. The first-order chi connectivity index (χ1) is 11.2. The van der Waals surface area contributed by atoms with Crippen LogP contribution in [-0.2, 0) is 4.87 Å². The molecule has 0 heterocycles. The first kappa shape index (κ1) is 15.9. The molecule has 0 aliphatic heterocycles. The van der Waals surface area contributed by atoms with Crippen LogP contribution in [0, 0.1) is 0 Å². The number of rotatable bonds is 4. The maximum absolute atomic E-state index is 7.23. The van der Waals surface area contributed by atoms with Crippen molar-refractivity contribution in [2.45, 2.75) is 4.87 Å². The van der Waals surface area contributed by atoms with Crippen molar-refractivity contribution >= 4 is 23.2 Å². The summed E-state index contributed by atoms with van der Waals surface area (Å²) in [6, 6.07) is 25.4. The lowest BCUT2D eigenvalue weighted by molar-refractivity contribution is 0.407. The molecule has 0 radical (unpaired) electrons. The summed E-state index contributed by atoms with van der Waals surface area (Å²) in [6.07, 6.45) is 0. The number of ether oxygens (including phenoxy) is 1. The molecule has 0 spiro atoms. The van der Waals surface area contributed by atoms with Crippen molar-refractivity contribution in [3.63, 3.8) is 0 Å². The number of hydrogen-bond acceptors (Lipinski definition) is 1. The third-order valence-corrected chi connectivity index (χ3v) is 4.75. The van der Waals surface area contributed by atoms with Crippen LogP contribution in [0.4, 0.5) is 0 Å². The van der Waals surface area contributed by atoms with Gasteiger partial charge in [0.05, 0.1) is 7.11 Å². The molecule has 116 valence electrons. The monoisotopic (exact) mass is 342 g/mol. The highest BCUT2D eigenvalue weighted by molar-refractivity contribution is 6.31. The summed E-state index contributed by atoms with van der Waals surface area (Å²) in [7, 11) is 1.64. The largest absolute Gasteiger partial charge is 0.496 e. The van der Waals surface area contributed by atoms with Gasteiger partial charge in [0.25, 0.3) is 0 Å². The summed E-state index contributed by atoms with van der Waals surface area (Å²) >= 11 is 13.5. The predicted molar refractivity (Wildman–Crippen MR) is 96.6 cm³/mol. The highest BCUT2D eigenvalue weighted by Crippen LogP contribution is 2.47. The molecule has 0 fully saturated rings. The van der Waals surface area contributed by atoms with Gasteiger partial charge >= 0.3 is 0 Å². The second kappa shape index (κ2) is 6.66. The Morgan fingerprint density at radius 1 is 0.783 bits per heavy atom. The molecule has 0 saturated heterocycles. The van der Waals surface area contributed by atoms with E-state index < -0.39 is 4.87 Å². The Kier molecular flexibility index (Phi) is 4.61. The van der Waals surface area contributed by atoms with Crippen LogP contribution < -0.4 is 4.74 Å². The SMILES string of the molecule is COc1ccc(Cl)cc1C(Cl)(c1ccccc1)c1ccccc1. The minimum absolute atomic E-state index is 0.623. The highest BCUT2D eigenvalue weighted by Gasteiger charge is 2.36. The Hall–Kier alpha value is -1.96. The van der Waals surface area contributed by atoms with Crippen LogP contribution in [0.15, 0.2) is 78.9 Å². The summed E-state index contributed by atoms with van der Waals surface area (Å²) in [5.74, 6) is 0.706. The van der Waals surface area contributed by atoms with Gasteiger partial charge in [-0.05, 0) is 29.3 Å². The third kappa shape index (κ3) is 2.95. The number of hydrogen-bond donors (Lipinski definition) is 0. The quantitative estimate of drug-likeness (QED) is 0.425. The van der Waals surface area contributed by atoms with E-state index in [1.54, 1.807) is 13.2 Å². The molecule has 0 atom stereocenters. The lowest BCUT2D eigenvalue weighted by Crippen LogP contribution is -2.23. The van der Waals surface area contributed by atoms with Crippen LogP contribution in [0.3, 0.4) is 0 Å². The van der Waals surface area contributed by atoms with Crippen molar-refractivity contribution in [2.24, 2.45) is 0 Å². The minimum Gasteiger partial charge on any atom is -0.496 e. The number of halogens is 2. The van der Waals surface area contributed by atoms with Gasteiger partial charge in [0.2, 0.25) is 0 Å². The Morgan fingerprint density at radius 3 is 1.78 bits per heavy atom. The molecule has 0 unspecified atom stereocenters. The molecular weight excluding hydrogens is 327 g/mol. The summed E-state index contributed by atoms with van der Waals surface area (Å²) in [6.45, 7) is 0. The van der Waals surface area contributed by atoms with Gasteiger partial charge in [0, 0.05) is 10.6 Å². The van der Waals surface area contributed by atoms with Crippen molar-refractivity contribution in [2.75, 3.05) is 7.11 Å². The fourth-order valence-electron chi connectivity index (χ4n) is 2.76. The van der Waals surface area contributed by atoms with E-state index in [4.69, 9.17) is 27.9 Å². The van der Waals surface area contributed by atoms with Crippen molar-refractivity contribution in [1.82, 2.24) is 0 Å². The summed E-state index contributed by atoms with van der Waals surface area (Å²) in [4.78, 5) is -0.876. The Bertz CT molecular complexity index is 746. The molecule has 3 rings (SSSR count). The predicted octanol–water partition coefficient (Wildman–Crippen LogP) is 5.88. The zero-order valence-corrected chi connectivity index (χ0v) is 14.2. The van der Waals surface area contributed by atoms with Gasteiger partial charge in [-0.25, -0.2) is 0 Å². The second-order valence-electron chi connectivity index (χ2n) is 5.24. The van der Waals surface area contributed by atoms with Crippen molar-refractivity contribution in [1.29, 1.82) is 0 Å².